The molecule has 0 saturated heterocycles. The zero-order valence-electron chi connectivity index (χ0n) is 15.8. The van der Waals surface area contributed by atoms with Crippen molar-refractivity contribution < 1.29 is 9.18 Å². The Morgan fingerprint density at radius 3 is 2.68 bits per heavy atom. The molecule has 0 fully saturated rings. The minimum atomic E-state index is -0.578. The van der Waals surface area contributed by atoms with Gasteiger partial charge in [-0.1, -0.05) is 48.0 Å². The second-order valence-corrected chi connectivity index (χ2v) is 7.24. The predicted octanol–water partition coefficient (Wildman–Crippen LogP) is 3.50. The van der Waals surface area contributed by atoms with E-state index < -0.39 is 5.92 Å². The smallest absolute Gasteiger partial charge is 0.230 e. The fourth-order valence-electron chi connectivity index (χ4n) is 3.80. The number of carbonyl (C=O) groups excluding carboxylic acids is 1. The minimum Gasteiger partial charge on any atom is -0.332 e. The molecule has 144 valence electrons. The third-order valence-electron chi connectivity index (χ3n) is 5.32. The Hall–Kier alpha value is -2.99. The highest BCUT2D eigenvalue weighted by Crippen LogP contribution is 2.33. The van der Waals surface area contributed by atoms with E-state index in [4.69, 9.17) is 5.73 Å². The molecule has 3 N–H and O–H groups in total. The average Bonchev–Trinajstić information content (AvgIpc) is 3.28. The summed E-state index contributed by atoms with van der Waals surface area (Å²) in [4.78, 5) is 15.0. The van der Waals surface area contributed by atoms with Gasteiger partial charge in [-0.05, 0) is 26.0 Å². The van der Waals surface area contributed by atoms with Gasteiger partial charge in [0.05, 0.1) is 30.4 Å². The molecule has 1 amide bonds. The molecule has 0 aliphatic carbocycles. The molecule has 0 bridgehead atoms. The van der Waals surface area contributed by atoms with Crippen molar-refractivity contribution in [2.75, 3.05) is 6.54 Å². The molecule has 1 aromatic heterocycles. The van der Waals surface area contributed by atoms with Gasteiger partial charge in [0.1, 0.15) is 5.82 Å². The lowest BCUT2D eigenvalue weighted by Gasteiger charge is -2.23. The second-order valence-electron chi connectivity index (χ2n) is 7.24. The average molecular weight is 378 g/mol. The standard InChI is InChI=1S/C22H23FN4O/c1-14-6-8-15(9-7-14)21-18-12-27(13-20(18)25-26-21)22(28)17(10-11-24)16-4-2-3-5-19(16)23/h2-9,17H,10-13,24H2,1H3,(H,25,26). The fourth-order valence-corrected chi connectivity index (χ4v) is 3.80. The highest BCUT2D eigenvalue weighted by atomic mass is 19.1. The SMILES string of the molecule is Cc1ccc(-c2n[nH]c3c2CN(C(=O)C(CCN)c2ccccc2F)C3)cc1. The summed E-state index contributed by atoms with van der Waals surface area (Å²) in [6.45, 7) is 3.27. The maximum Gasteiger partial charge on any atom is 0.230 e. The van der Waals surface area contributed by atoms with Crippen LogP contribution in [0.1, 0.15) is 34.7 Å². The van der Waals surface area contributed by atoms with E-state index in [-0.39, 0.29) is 11.7 Å². The molecule has 3 aromatic rings. The summed E-state index contributed by atoms with van der Waals surface area (Å²) in [5.41, 5.74) is 11.2. The number of nitrogens with zero attached hydrogens (tertiary/aromatic N) is 2. The van der Waals surface area contributed by atoms with Crippen molar-refractivity contribution in [3.8, 4) is 11.3 Å². The summed E-state index contributed by atoms with van der Waals surface area (Å²) in [5.74, 6) is -1.05. The summed E-state index contributed by atoms with van der Waals surface area (Å²) in [6.07, 6.45) is 0.410. The summed E-state index contributed by atoms with van der Waals surface area (Å²) >= 11 is 0. The Bertz CT molecular complexity index is 996. The van der Waals surface area contributed by atoms with E-state index in [1.807, 2.05) is 31.2 Å². The van der Waals surface area contributed by atoms with Crippen molar-refractivity contribution >= 4 is 5.91 Å². The van der Waals surface area contributed by atoms with Gasteiger partial charge in [-0.3, -0.25) is 9.89 Å². The summed E-state index contributed by atoms with van der Waals surface area (Å²) in [6, 6.07) is 14.6. The lowest BCUT2D eigenvalue weighted by molar-refractivity contribution is -0.133. The van der Waals surface area contributed by atoms with Gasteiger partial charge in [-0.15, -0.1) is 0 Å². The second kappa shape index (κ2) is 7.56. The molecule has 0 radical (unpaired) electrons. The van der Waals surface area contributed by atoms with Crippen LogP contribution in [0, 0.1) is 12.7 Å². The van der Waals surface area contributed by atoms with E-state index in [1.165, 1.54) is 11.6 Å². The first-order chi connectivity index (χ1) is 13.6. The topological polar surface area (TPSA) is 75.0 Å². The molecule has 2 aromatic carbocycles. The molecule has 0 spiro atoms. The molecule has 28 heavy (non-hydrogen) atoms. The van der Waals surface area contributed by atoms with Crippen LogP contribution < -0.4 is 5.73 Å². The Balaban J connectivity index is 1.59. The number of rotatable bonds is 5. The number of H-pyrrole nitrogens is 1. The largest absolute Gasteiger partial charge is 0.332 e. The number of nitrogens with two attached hydrogens (primary N) is 1. The zero-order valence-corrected chi connectivity index (χ0v) is 15.8. The Morgan fingerprint density at radius 1 is 1.21 bits per heavy atom. The third-order valence-corrected chi connectivity index (χ3v) is 5.32. The Kier molecular flexibility index (Phi) is 4.96. The van der Waals surface area contributed by atoms with Crippen LogP contribution in [0.3, 0.4) is 0 Å². The normalized spacial score (nSPS) is 14.2. The number of halogens is 1. The predicted molar refractivity (Wildman–Crippen MR) is 106 cm³/mol. The van der Waals surface area contributed by atoms with E-state index >= 15 is 0 Å². The molecule has 1 unspecified atom stereocenters. The lowest BCUT2D eigenvalue weighted by atomic mass is 9.93. The van der Waals surface area contributed by atoms with Crippen molar-refractivity contribution in [2.24, 2.45) is 5.73 Å². The number of hydrogen-bond donors (Lipinski definition) is 2. The van der Waals surface area contributed by atoms with E-state index in [0.29, 0.717) is 31.6 Å². The first-order valence-corrected chi connectivity index (χ1v) is 9.45. The van der Waals surface area contributed by atoms with Gasteiger partial charge >= 0.3 is 0 Å². The number of amides is 1. The van der Waals surface area contributed by atoms with E-state index in [2.05, 4.69) is 10.2 Å². The molecule has 4 rings (SSSR count). The monoisotopic (exact) mass is 378 g/mol. The summed E-state index contributed by atoms with van der Waals surface area (Å²) in [5, 5.41) is 7.51. The molecule has 0 saturated carbocycles. The number of fused-ring (bicyclic) bond motifs is 1. The molecule has 1 aliphatic heterocycles. The van der Waals surface area contributed by atoms with Crippen molar-refractivity contribution in [1.82, 2.24) is 15.1 Å². The highest BCUT2D eigenvalue weighted by molar-refractivity contribution is 5.85. The van der Waals surface area contributed by atoms with Crippen LogP contribution in [0.5, 0.6) is 0 Å². The number of nitrogens with one attached hydrogen (secondary N) is 1. The number of aromatic nitrogens is 2. The van der Waals surface area contributed by atoms with Crippen molar-refractivity contribution in [1.29, 1.82) is 0 Å². The van der Waals surface area contributed by atoms with Crippen LogP contribution in [-0.4, -0.2) is 27.5 Å². The highest BCUT2D eigenvalue weighted by Gasteiger charge is 2.33. The molecular formula is C22H23FN4O. The van der Waals surface area contributed by atoms with Gasteiger partial charge in [-0.25, -0.2) is 4.39 Å². The minimum absolute atomic E-state index is 0.102. The molecule has 1 atom stereocenters. The zero-order chi connectivity index (χ0) is 19.7. The number of benzene rings is 2. The van der Waals surface area contributed by atoms with Gasteiger partial charge in [0.25, 0.3) is 0 Å². The number of aryl methyl sites for hydroxylation is 1. The molecular weight excluding hydrogens is 355 g/mol. The maximum absolute atomic E-state index is 14.3. The lowest BCUT2D eigenvalue weighted by Crippen LogP contribution is -2.32. The summed E-state index contributed by atoms with van der Waals surface area (Å²) < 4.78 is 14.3. The van der Waals surface area contributed by atoms with Crippen LogP contribution in [-0.2, 0) is 17.9 Å². The van der Waals surface area contributed by atoms with Crippen LogP contribution in [0.25, 0.3) is 11.3 Å². The Labute approximate surface area is 163 Å². The van der Waals surface area contributed by atoms with Gasteiger partial charge in [-0.2, -0.15) is 5.10 Å². The number of carbonyl (C=O) groups is 1. The van der Waals surface area contributed by atoms with E-state index in [9.17, 15) is 9.18 Å². The molecule has 5 nitrogen and oxygen atoms in total. The van der Waals surface area contributed by atoms with Crippen LogP contribution in [0.15, 0.2) is 48.5 Å². The number of aromatic amines is 1. The van der Waals surface area contributed by atoms with E-state index in [1.54, 1.807) is 23.1 Å². The molecule has 1 aliphatic rings. The fraction of sp³-hybridized carbons (Fsp3) is 0.273. The third kappa shape index (κ3) is 3.31. The first kappa shape index (κ1) is 18.4. The summed E-state index contributed by atoms with van der Waals surface area (Å²) in [7, 11) is 0. The van der Waals surface area contributed by atoms with E-state index in [0.717, 1.165) is 22.5 Å². The van der Waals surface area contributed by atoms with Crippen LogP contribution in [0.4, 0.5) is 4.39 Å². The van der Waals surface area contributed by atoms with Crippen molar-refractivity contribution in [2.45, 2.75) is 32.4 Å². The molecule has 2 heterocycles. The molecule has 6 heteroatoms. The van der Waals surface area contributed by atoms with Gasteiger partial charge in [0.15, 0.2) is 0 Å². The number of hydrogen-bond acceptors (Lipinski definition) is 3. The maximum atomic E-state index is 14.3. The Morgan fingerprint density at radius 2 is 1.96 bits per heavy atom. The van der Waals surface area contributed by atoms with Gasteiger partial charge < -0.3 is 10.6 Å². The van der Waals surface area contributed by atoms with Crippen molar-refractivity contribution in [3.05, 3.63) is 76.7 Å². The van der Waals surface area contributed by atoms with Crippen LogP contribution in [0.2, 0.25) is 0 Å². The van der Waals surface area contributed by atoms with Gasteiger partial charge in [0.2, 0.25) is 5.91 Å². The van der Waals surface area contributed by atoms with Crippen LogP contribution >= 0.6 is 0 Å². The first-order valence-electron chi connectivity index (χ1n) is 9.45. The van der Waals surface area contributed by atoms with Crippen molar-refractivity contribution in [3.63, 3.8) is 0 Å². The quantitative estimate of drug-likeness (QED) is 0.714. The van der Waals surface area contributed by atoms with Gasteiger partial charge in [0, 0.05) is 16.7 Å².